The number of ether oxygens (including phenoxy) is 5. The van der Waals surface area contributed by atoms with Gasteiger partial charge in [0.25, 0.3) is 0 Å². The zero-order valence-electron chi connectivity index (χ0n) is 28.0. The van der Waals surface area contributed by atoms with Crippen molar-refractivity contribution in [2.24, 2.45) is 5.92 Å². The number of rotatable bonds is 14. The quantitative estimate of drug-likeness (QED) is 0.120. The van der Waals surface area contributed by atoms with Gasteiger partial charge in [-0.05, 0) is 78.1 Å². The molecule has 0 aromatic heterocycles. The molecule has 1 aliphatic heterocycles. The summed E-state index contributed by atoms with van der Waals surface area (Å²) in [7, 11) is 0. The van der Waals surface area contributed by atoms with Crippen LogP contribution in [0.4, 0.5) is 0 Å². The van der Waals surface area contributed by atoms with E-state index >= 15 is 0 Å². The molecular formula is C44H44O5. The number of hydrogen-bond donors (Lipinski definition) is 0. The van der Waals surface area contributed by atoms with Gasteiger partial charge in [-0.1, -0.05) is 127 Å². The van der Waals surface area contributed by atoms with Crippen molar-refractivity contribution >= 4 is 0 Å². The fraction of sp³-hybridized carbons (Fsp3) is 0.295. The third kappa shape index (κ3) is 7.98. The monoisotopic (exact) mass is 652 g/mol. The van der Waals surface area contributed by atoms with Gasteiger partial charge >= 0.3 is 0 Å². The Morgan fingerprint density at radius 1 is 0.612 bits per heavy atom. The van der Waals surface area contributed by atoms with Crippen LogP contribution in [0.5, 0.6) is 5.75 Å². The first-order chi connectivity index (χ1) is 24.1. The van der Waals surface area contributed by atoms with Gasteiger partial charge in [0.15, 0.2) is 0 Å². The zero-order valence-corrected chi connectivity index (χ0v) is 28.0. The predicted octanol–water partition coefficient (Wildman–Crippen LogP) is 8.97. The molecule has 250 valence electrons. The fourth-order valence-electron chi connectivity index (χ4n) is 6.88. The van der Waals surface area contributed by atoms with Crippen molar-refractivity contribution in [3.8, 4) is 5.75 Å². The van der Waals surface area contributed by atoms with Gasteiger partial charge in [0.2, 0.25) is 0 Å². The summed E-state index contributed by atoms with van der Waals surface area (Å²) in [5.74, 6) is 0.700. The summed E-state index contributed by atoms with van der Waals surface area (Å²) in [6.07, 6.45) is -0.307. The molecular weight excluding hydrogens is 608 g/mol. The maximum atomic E-state index is 7.14. The lowest BCUT2D eigenvalue weighted by Crippen LogP contribution is -2.59. The minimum absolute atomic E-state index is 0.180. The largest absolute Gasteiger partial charge is 0.494 e. The molecule has 2 unspecified atom stereocenters. The van der Waals surface area contributed by atoms with Gasteiger partial charge in [0, 0.05) is 0 Å². The molecule has 1 saturated heterocycles. The first-order valence-corrected chi connectivity index (χ1v) is 17.3. The third-order valence-electron chi connectivity index (χ3n) is 9.52. The van der Waals surface area contributed by atoms with E-state index in [1.165, 1.54) is 11.1 Å². The highest BCUT2D eigenvalue weighted by atomic mass is 16.6. The van der Waals surface area contributed by atoms with Crippen LogP contribution in [0, 0.1) is 12.8 Å². The lowest BCUT2D eigenvalue weighted by molar-refractivity contribution is -0.279. The molecule has 2 radical (unpaired) electrons. The molecule has 2 aliphatic rings. The molecule has 5 aromatic carbocycles. The number of benzene rings is 5. The van der Waals surface area contributed by atoms with Crippen molar-refractivity contribution in [3.05, 3.63) is 180 Å². The molecule has 5 aromatic rings. The summed E-state index contributed by atoms with van der Waals surface area (Å²) in [5, 5.41) is 0. The van der Waals surface area contributed by atoms with Crippen molar-refractivity contribution in [2.75, 3.05) is 6.61 Å². The molecule has 1 heterocycles. The van der Waals surface area contributed by atoms with E-state index in [0.717, 1.165) is 34.4 Å². The van der Waals surface area contributed by atoms with Crippen LogP contribution in [0.25, 0.3) is 0 Å². The van der Waals surface area contributed by atoms with Crippen LogP contribution in [-0.2, 0) is 45.2 Å². The van der Waals surface area contributed by atoms with Crippen LogP contribution >= 0.6 is 0 Å². The second kappa shape index (κ2) is 15.5. The van der Waals surface area contributed by atoms with Crippen LogP contribution in [0.3, 0.4) is 0 Å². The Bertz CT molecular complexity index is 1740. The Morgan fingerprint density at radius 2 is 1.14 bits per heavy atom. The minimum atomic E-state index is -0.696. The van der Waals surface area contributed by atoms with E-state index in [2.05, 4.69) is 72.8 Å². The highest BCUT2D eigenvalue weighted by Crippen LogP contribution is 2.58. The highest BCUT2D eigenvalue weighted by Gasteiger charge is 2.67. The molecule has 6 atom stereocenters. The molecule has 49 heavy (non-hydrogen) atoms. The van der Waals surface area contributed by atoms with Gasteiger partial charge < -0.3 is 23.7 Å². The van der Waals surface area contributed by atoms with Gasteiger partial charge in [-0.15, -0.1) is 0 Å². The predicted molar refractivity (Wildman–Crippen MR) is 191 cm³/mol. The van der Waals surface area contributed by atoms with Crippen molar-refractivity contribution < 1.29 is 23.7 Å². The van der Waals surface area contributed by atoms with Gasteiger partial charge in [-0.25, -0.2) is 0 Å². The van der Waals surface area contributed by atoms with Crippen molar-refractivity contribution in [1.82, 2.24) is 0 Å². The molecule has 1 spiro atoms. The number of hydrogen-bond acceptors (Lipinski definition) is 5. The average Bonchev–Trinajstić information content (AvgIpc) is 3.79. The highest BCUT2D eigenvalue weighted by molar-refractivity contribution is 5.35. The Hall–Kier alpha value is -4.26. The van der Waals surface area contributed by atoms with E-state index in [1.54, 1.807) is 0 Å². The maximum absolute atomic E-state index is 7.14. The molecule has 0 amide bonds. The van der Waals surface area contributed by atoms with Crippen LogP contribution in [-0.4, -0.2) is 30.5 Å². The molecule has 0 bridgehead atoms. The average molecular weight is 653 g/mol. The van der Waals surface area contributed by atoms with Crippen LogP contribution in [0.15, 0.2) is 140 Å². The van der Waals surface area contributed by atoms with Crippen molar-refractivity contribution in [1.29, 1.82) is 0 Å². The Kier molecular flexibility index (Phi) is 10.5. The molecule has 7 rings (SSSR count). The molecule has 1 aliphatic carbocycles. The van der Waals surface area contributed by atoms with Crippen LogP contribution in [0.2, 0.25) is 0 Å². The van der Waals surface area contributed by atoms with Gasteiger partial charge in [-0.2, -0.15) is 0 Å². The van der Waals surface area contributed by atoms with Gasteiger partial charge in [0.05, 0.1) is 26.4 Å². The summed E-state index contributed by atoms with van der Waals surface area (Å²) in [4.78, 5) is 0. The molecule has 2 fully saturated rings. The second-order valence-corrected chi connectivity index (χ2v) is 13.0. The minimum Gasteiger partial charge on any atom is -0.494 e. The smallest absolute Gasteiger partial charge is 0.119 e. The lowest BCUT2D eigenvalue weighted by atomic mass is 9.87. The van der Waals surface area contributed by atoms with E-state index in [1.807, 2.05) is 73.7 Å². The standard InChI is InChI=1S/C44H44O5/c1-3-45-39-24-22-33(23-25-39)26-37-20-13-21-38(27-37)40-41(46-29-34-14-7-4-8-15-34)42(47-30-35-16-9-5-10-17-35)43(44(49-40)28-32(44)2)48-31-36-18-11-6-12-19-36/h2,4-25,27,32,40-43H,3,26,28-31H2,1H3/t32?,40-,41-,42+,43-,44?/m0/s1. The second-order valence-electron chi connectivity index (χ2n) is 13.0. The lowest BCUT2D eigenvalue weighted by Gasteiger charge is -2.47. The molecule has 1 saturated carbocycles. The van der Waals surface area contributed by atoms with Gasteiger partial charge in [-0.3, -0.25) is 0 Å². The first-order valence-electron chi connectivity index (χ1n) is 17.3. The fourth-order valence-corrected chi connectivity index (χ4v) is 6.88. The Labute approximate surface area is 290 Å². The van der Waals surface area contributed by atoms with Crippen molar-refractivity contribution in [2.45, 2.75) is 69.6 Å². The summed E-state index contributed by atoms with van der Waals surface area (Å²) in [5.41, 5.74) is 5.98. The van der Waals surface area contributed by atoms with E-state index in [4.69, 9.17) is 30.6 Å². The van der Waals surface area contributed by atoms with E-state index < -0.39 is 30.0 Å². The summed E-state index contributed by atoms with van der Waals surface area (Å²) in [6.45, 7) is 10.7. The molecule has 0 N–H and O–H groups in total. The Balaban J connectivity index is 1.23. The summed E-state index contributed by atoms with van der Waals surface area (Å²) in [6, 6.07) is 47.7. The summed E-state index contributed by atoms with van der Waals surface area (Å²) < 4.78 is 33.4. The molecule has 5 heteroatoms. The van der Waals surface area contributed by atoms with E-state index in [-0.39, 0.29) is 5.92 Å². The van der Waals surface area contributed by atoms with Gasteiger partial charge in [0.1, 0.15) is 35.8 Å². The SMILES string of the molecule is [CH]C1CC12O[C@@H](c1cccc(Cc3ccc(OCC)cc3)c1)[C@H](OCc1ccccc1)[C@@H](OCc1ccccc1)[C@@H]2OCc1ccccc1. The van der Waals surface area contributed by atoms with Crippen LogP contribution in [0.1, 0.15) is 52.8 Å². The van der Waals surface area contributed by atoms with Crippen molar-refractivity contribution in [3.63, 3.8) is 0 Å². The van der Waals surface area contributed by atoms with E-state index in [9.17, 15) is 0 Å². The first kappa shape index (κ1) is 33.2. The third-order valence-corrected chi connectivity index (χ3v) is 9.52. The maximum Gasteiger partial charge on any atom is 0.119 e. The summed E-state index contributed by atoms with van der Waals surface area (Å²) >= 11 is 0. The zero-order chi connectivity index (χ0) is 33.5. The Morgan fingerprint density at radius 3 is 1.69 bits per heavy atom. The van der Waals surface area contributed by atoms with Crippen LogP contribution < -0.4 is 4.74 Å². The molecule has 5 nitrogen and oxygen atoms in total. The topological polar surface area (TPSA) is 46.2 Å². The normalized spacial score (nSPS) is 24.5. The van der Waals surface area contributed by atoms with E-state index in [0.29, 0.717) is 32.8 Å².